The van der Waals surface area contributed by atoms with Gasteiger partial charge >= 0.3 is 0 Å². The number of hydrogen-bond acceptors (Lipinski definition) is 3. The third kappa shape index (κ3) is 7.80. The molecule has 0 saturated carbocycles. The molecule has 1 aromatic rings. The predicted molar refractivity (Wildman–Crippen MR) is 101 cm³/mol. The first-order valence-corrected chi connectivity index (χ1v) is 9.22. The highest BCUT2D eigenvalue weighted by Crippen LogP contribution is 2.22. The smallest absolute Gasteiger partial charge is 0.155 e. The lowest BCUT2D eigenvalue weighted by Crippen LogP contribution is -2.13. The van der Waals surface area contributed by atoms with E-state index in [0.29, 0.717) is 31.5 Å². The van der Waals surface area contributed by atoms with Gasteiger partial charge in [-0.3, -0.25) is 4.79 Å². The summed E-state index contributed by atoms with van der Waals surface area (Å²) in [4.78, 5) is 11.8. The monoisotopic (exact) mass is 342 g/mol. The summed E-state index contributed by atoms with van der Waals surface area (Å²) in [5.74, 6) is 1.51. The third-order valence-corrected chi connectivity index (χ3v) is 4.56. The fraction of sp³-hybridized carbons (Fsp3) is 0.500. The van der Waals surface area contributed by atoms with Crippen molar-refractivity contribution >= 4 is 5.78 Å². The molecule has 0 amide bonds. The van der Waals surface area contributed by atoms with E-state index in [9.17, 15) is 4.79 Å². The summed E-state index contributed by atoms with van der Waals surface area (Å²) in [7, 11) is 0. The quantitative estimate of drug-likeness (QED) is 0.400. The van der Waals surface area contributed by atoms with Crippen molar-refractivity contribution in [1.82, 2.24) is 0 Å². The van der Waals surface area contributed by atoms with Crippen molar-refractivity contribution in [2.45, 2.75) is 39.7 Å². The highest BCUT2D eigenvalue weighted by atomic mass is 16.7. The molecule has 0 heterocycles. The zero-order valence-corrected chi connectivity index (χ0v) is 15.4. The van der Waals surface area contributed by atoms with Crippen molar-refractivity contribution < 1.29 is 14.3 Å². The molecule has 0 spiro atoms. The number of ketones is 1. The van der Waals surface area contributed by atoms with Gasteiger partial charge in [0.05, 0.1) is 13.2 Å². The van der Waals surface area contributed by atoms with Crippen LogP contribution in [-0.2, 0) is 20.9 Å². The van der Waals surface area contributed by atoms with Crippen molar-refractivity contribution in [3.05, 3.63) is 60.2 Å². The second-order valence-corrected chi connectivity index (χ2v) is 7.02. The maximum atomic E-state index is 11.8. The second-order valence-electron chi connectivity index (χ2n) is 7.02. The van der Waals surface area contributed by atoms with Crippen LogP contribution in [0.5, 0.6) is 0 Å². The van der Waals surface area contributed by atoms with Crippen LogP contribution in [0.3, 0.4) is 0 Å². The Balaban J connectivity index is 1.78. The van der Waals surface area contributed by atoms with Crippen molar-refractivity contribution in [3.8, 4) is 0 Å². The molecule has 0 N–H and O–H groups in total. The zero-order valence-electron chi connectivity index (χ0n) is 15.4. The minimum absolute atomic E-state index is 0.229. The molecule has 2 unspecified atom stereocenters. The average Bonchev–Trinajstić information content (AvgIpc) is 2.61. The fourth-order valence-electron chi connectivity index (χ4n) is 2.91. The van der Waals surface area contributed by atoms with Crippen LogP contribution in [0.2, 0.25) is 0 Å². The van der Waals surface area contributed by atoms with E-state index in [1.54, 1.807) is 6.08 Å². The van der Waals surface area contributed by atoms with E-state index in [1.807, 2.05) is 36.4 Å². The average molecular weight is 342 g/mol. The molecule has 1 aliphatic carbocycles. The molecule has 1 aromatic carbocycles. The molecule has 0 aliphatic heterocycles. The Labute approximate surface area is 151 Å². The van der Waals surface area contributed by atoms with Gasteiger partial charge in [0.2, 0.25) is 0 Å². The van der Waals surface area contributed by atoms with E-state index in [0.717, 1.165) is 18.4 Å². The van der Waals surface area contributed by atoms with E-state index in [4.69, 9.17) is 9.47 Å². The van der Waals surface area contributed by atoms with Crippen LogP contribution < -0.4 is 0 Å². The molecular weight excluding hydrogens is 312 g/mol. The van der Waals surface area contributed by atoms with Gasteiger partial charge < -0.3 is 9.47 Å². The molecular formula is C22H30O3. The SMILES string of the molecule is CC(C)C1/C=C\C(COCOCc2ccccc2)C/C=C\C(=O)CC1. The van der Waals surface area contributed by atoms with E-state index < -0.39 is 0 Å². The predicted octanol–water partition coefficient (Wildman–Crippen LogP) is 4.93. The summed E-state index contributed by atoms with van der Waals surface area (Å²) < 4.78 is 11.3. The van der Waals surface area contributed by atoms with E-state index >= 15 is 0 Å². The summed E-state index contributed by atoms with van der Waals surface area (Å²) in [5, 5.41) is 0. The Kier molecular flexibility index (Phi) is 8.64. The van der Waals surface area contributed by atoms with Crippen LogP contribution in [0.1, 0.15) is 38.7 Å². The zero-order chi connectivity index (χ0) is 17.9. The van der Waals surface area contributed by atoms with Gasteiger partial charge in [0.25, 0.3) is 0 Å². The summed E-state index contributed by atoms with van der Waals surface area (Å²) in [6.07, 6.45) is 10.6. The van der Waals surface area contributed by atoms with Gasteiger partial charge in [-0.05, 0) is 36.3 Å². The molecule has 0 radical (unpaired) electrons. The van der Waals surface area contributed by atoms with Crippen molar-refractivity contribution in [2.75, 3.05) is 13.4 Å². The summed E-state index contributed by atoms with van der Waals surface area (Å²) in [6, 6.07) is 10.1. The maximum Gasteiger partial charge on any atom is 0.155 e. The first-order chi connectivity index (χ1) is 12.1. The van der Waals surface area contributed by atoms with Gasteiger partial charge in [-0.15, -0.1) is 0 Å². The largest absolute Gasteiger partial charge is 0.355 e. The van der Waals surface area contributed by atoms with Crippen molar-refractivity contribution in [2.24, 2.45) is 17.8 Å². The highest BCUT2D eigenvalue weighted by Gasteiger charge is 2.14. The lowest BCUT2D eigenvalue weighted by Gasteiger charge is -2.19. The fourth-order valence-corrected chi connectivity index (χ4v) is 2.91. The number of ether oxygens (including phenoxy) is 2. The van der Waals surface area contributed by atoms with Crippen LogP contribution in [0, 0.1) is 17.8 Å². The normalized spacial score (nSPS) is 24.2. The van der Waals surface area contributed by atoms with Crippen molar-refractivity contribution in [1.29, 1.82) is 0 Å². The molecule has 3 nitrogen and oxygen atoms in total. The lowest BCUT2D eigenvalue weighted by molar-refractivity contribution is -0.114. The Hall–Kier alpha value is -1.71. The van der Waals surface area contributed by atoms with Crippen LogP contribution in [-0.4, -0.2) is 19.2 Å². The molecule has 0 aromatic heterocycles. The van der Waals surface area contributed by atoms with Crippen LogP contribution in [0.4, 0.5) is 0 Å². The summed E-state index contributed by atoms with van der Waals surface area (Å²) >= 11 is 0. The molecule has 2 rings (SSSR count). The first-order valence-electron chi connectivity index (χ1n) is 9.22. The minimum Gasteiger partial charge on any atom is -0.355 e. The molecule has 25 heavy (non-hydrogen) atoms. The maximum absolute atomic E-state index is 11.8. The van der Waals surface area contributed by atoms with Gasteiger partial charge in [-0.25, -0.2) is 0 Å². The number of carbonyl (C=O) groups is 1. The lowest BCUT2D eigenvalue weighted by atomic mass is 9.88. The van der Waals surface area contributed by atoms with Gasteiger partial charge in [0.15, 0.2) is 5.78 Å². The Morgan fingerprint density at radius 3 is 2.68 bits per heavy atom. The Morgan fingerprint density at radius 1 is 1.12 bits per heavy atom. The van der Waals surface area contributed by atoms with E-state index in [2.05, 4.69) is 26.0 Å². The second kappa shape index (κ2) is 11.0. The first kappa shape index (κ1) is 19.6. The molecule has 3 heteroatoms. The standard InChI is InChI=1S/C22H30O3/c1-18(2)21-12-11-20(9-6-10-22(23)14-13-21)16-25-17-24-15-19-7-4-3-5-8-19/h3-8,10-12,18,20-21H,9,13-17H2,1-2H3/b10-6-,12-11-. The number of carbonyl (C=O) groups excluding carboxylic acids is 1. The van der Waals surface area contributed by atoms with E-state index in [-0.39, 0.29) is 18.5 Å². The summed E-state index contributed by atoms with van der Waals surface area (Å²) in [5.41, 5.74) is 1.14. The van der Waals surface area contributed by atoms with Crippen LogP contribution in [0.15, 0.2) is 54.6 Å². The van der Waals surface area contributed by atoms with Crippen LogP contribution in [0.25, 0.3) is 0 Å². The van der Waals surface area contributed by atoms with E-state index in [1.165, 1.54) is 0 Å². The molecule has 0 bridgehead atoms. The Bertz CT molecular complexity index is 560. The van der Waals surface area contributed by atoms with Gasteiger partial charge in [0, 0.05) is 12.3 Å². The topological polar surface area (TPSA) is 35.5 Å². The highest BCUT2D eigenvalue weighted by molar-refractivity contribution is 5.89. The number of allylic oxidation sites excluding steroid dienone is 3. The number of hydrogen-bond donors (Lipinski definition) is 0. The number of benzene rings is 1. The van der Waals surface area contributed by atoms with Gasteiger partial charge in [-0.1, -0.05) is 62.4 Å². The summed E-state index contributed by atoms with van der Waals surface area (Å²) in [6.45, 7) is 5.88. The molecule has 0 saturated heterocycles. The Morgan fingerprint density at radius 2 is 1.92 bits per heavy atom. The molecule has 2 atom stereocenters. The third-order valence-electron chi connectivity index (χ3n) is 4.56. The van der Waals surface area contributed by atoms with Gasteiger partial charge in [0.1, 0.15) is 6.79 Å². The molecule has 136 valence electrons. The molecule has 1 aliphatic rings. The molecule has 0 fully saturated rings. The van der Waals surface area contributed by atoms with Crippen LogP contribution >= 0.6 is 0 Å². The number of rotatable bonds is 7. The van der Waals surface area contributed by atoms with Crippen molar-refractivity contribution in [3.63, 3.8) is 0 Å². The minimum atomic E-state index is 0.229. The van der Waals surface area contributed by atoms with Gasteiger partial charge in [-0.2, -0.15) is 0 Å².